The molecule has 0 nitrogen and oxygen atoms in total. The SMILES string of the molecule is CCc1c(C(C)(C)C)cc(SC(C)(C)Sc2cc(C(C)(C)C)c(C)c(C(C)(C)C)c2)cc1C(C)(C)C. The van der Waals surface area contributed by atoms with Gasteiger partial charge in [0, 0.05) is 9.79 Å². The molecule has 0 spiro atoms. The number of hydrogen-bond acceptors (Lipinski definition) is 2. The fourth-order valence-corrected chi connectivity index (χ4v) is 7.90. The van der Waals surface area contributed by atoms with Crippen LogP contribution in [0.3, 0.4) is 0 Å². The molecular formula is C34H54S2. The van der Waals surface area contributed by atoms with Crippen LogP contribution in [0.4, 0.5) is 0 Å². The van der Waals surface area contributed by atoms with Crippen molar-refractivity contribution in [2.24, 2.45) is 0 Å². The number of hydrogen-bond donors (Lipinski definition) is 0. The molecule has 0 fully saturated rings. The smallest absolute Gasteiger partial charge is 0.0649 e. The first kappa shape index (κ1) is 31.4. The van der Waals surface area contributed by atoms with Crippen LogP contribution in [0.15, 0.2) is 34.1 Å². The van der Waals surface area contributed by atoms with Gasteiger partial charge in [0.05, 0.1) is 4.08 Å². The van der Waals surface area contributed by atoms with Crippen LogP contribution in [0.2, 0.25) is 0 Å². The van der Waals surface area contributed by atoms with Gasteiger partial charge in [0.1, 0.15) is 0 Å². The van der Waals surface area contributed by atoms with Crippen LogP contribution < -0.4 is 0 Å². The Morgan fingerprint density at radius 3 is 1.03 bits per heavy atom. The maximum absolute atomic E-state index is 2.48. The molecule has 2 aromatic rings. The van der Waals surface area contributed by atoms with Crippen LogP contribution >= 0.6 is 23.5 Å². The molecule has 0 aromatic heterocycles. The van der Waals surface area contributed by atoms with Gasteiger partial charge in [-0.05, 0) is 106 Å². The molecule has 202 valence electrons. The molecule has 0 aliphatic heterocycles. The van der Waals surface area contributed by atoms with E-state index in [0.29, 0.717) is 0 Å². The van der Waals surface area contributed by atoms with Crippen molar-refractivity contribution in [3.05, 3.63) is 57.6 Å². The third-order valence-corrected chi connectivity index (χ3v) is 9.34. The summed E-state index contributed by atoms with van der Waals surface area (Å²) in [5.41, 5.74) is 9.42. The third-order valence-electron chi connectivity index (χ3n) is 6.92. The number of thioether (sulfide) groups is 2. The fraction of sp³-hybridized carbons (Fsp3) is 0.647. The van der Waals surface area contributed by atoms with Crippen LogP contribution in [0.5, 0.6) is 0 Å². The number of benzene rings is 2. The van der Waals surface area contributed by atoms with Crippen molar-refractivity contribution in [1.29, 1.82) is 0 Å². The Bertz CT molecular complexity index is 1000. The highest BCUT2D eigenvalue weighted by Gasteiger charge is 2.30. The van der Waals surface area contributed by atoms with Gasteiger partial charge in [0.2, 0.25) is 0 Å². The average Bonchev–Trinajstić information content (AvgIpc) is 2.64. The zero-order chi connectivity index (χ0) is 28.1. The van der Waals surface area contributed by atoms with Gasteiger partial charge in [0.25, 0.3) is 0 Å². The largest absolute Gasteiger partial charge is 0.109 e. The second-order valence-corrected chi connectivity index (χ2v) is 18.7. The Morgan fingerprint density at radius 1 is 0.500 bits per heavy atom. The molecule has 0 amide bonds. The number of rotatable bonds is 5. The minimum absolute atomic E-state index is 0.00237. The monoisotopic (exact) mass is 526 g/mol. The topological polar surface area (TPSA) is 0 Å². The second kappa shape index (κ2) is 10.4. The summed E-state index contributed by atoms with van der Waals surface area (Å²) in [7, 11) is 0. The molecule has 0 N–H and O–H groups in total. The van der Waals surface area contributed by atoms with Crippen molar-refractivity contribution in [2.45, 2.75) is 153 Å². The molecule has 0 saturated heterocycles. The lowest BCUT2D eigenvalue weighted by molar-refractivity contribution is 0.553. The molecule has 0 aliphatic rings. The molecule has 0 atom stereocenters. The first-order chi connectivity index (χ1) is 16.0. The van der Waals surface area contributed by atoms with Crippen molar-refractivity contribution in [3.8, 4) is 0 Å². The van der Waals surface area contributed by atoms with E-state index < -0.39 is 0 Å². The van der Waals surface area contributed by atoms with Crippen LogP contribution in [0.1, 0.15) is 137 Å². The zero-order valence-electron chi connectivity index (χ0n) is 26.3. The van der Waals surface area contributed by atoms with E-state index in [0.717, 1.165) is 6.42 Å². The molecule has 0 aliphatic carbocycles. The predicted molar refractivity (Wildman–Crippen MR) is 168 cm³/mol. The van der Waals surface area contributed by atoms with Gasteiger partial charge < -0.3 is 0 Å². The van der Waals surface area contributed by atoms with E-state index in [-0.39, 0.29) is 25.7 Å². The Kier molecular flexibility index (Phi) is 9.03. The third kappa shape index (κ3) is 7.59. The first-order valence-electron chi connectivity index (χ1n) is 13.7. The quantitative estimate of drug-likeness (QED) is 0.280. The van der Waals surface area contributed by atoms with E-state index in [1.165, 1.54) is 43.2 Å². The molecule has 0 unspecified atom stereocenters. The zero-order valence-corrected chi connectivity index (χ0v) is 28.0. The summed E-state index contributed by atoms with van der Waals surface area (Å²) in [6.07, 6.45) is 1.08. The highest BCUT2D eigenvalue weighted by atomic mass is 32.2. The summed E-state index contributed by atoms with van der Waals surface area (Å²) >= 11 is 4.02. The molecule has 0 saturated carbocycles. The molecule has 0 radical (unpaired) electrons. The van der Waals surface area contributed by atoms with E-state index in [4.69, 9.17) is 0 Å². The Morgan fingerprint density at radius 2 is 0.778 bits per heavy atom. The summed E-state index contributed by atoms with van der Waals surface area (Å²) in [5.74, 6) is 0. The summed E-state index contributed by atoms with van der Waals surface area (Å²) in [6, 6.07) is 9.88. The Hall–Kier alpha value is -0.860. The molecule has 0 bridgehead atoms. The minimum Gasteiger partial charge on any atom is -0.109 e. The van der Waals surface area contributed by atoms with Crippen molar-refractivity contribution < 1.29 is 0 Å². The lowest BCUT2D eigenvalue weighted by Crippen LogP contribution is -2.22. The van der Waals surface area contributed by atoms with Crippen molar-refractivity contribution >= 4 is 23.5 Å². The summed E-state index contributed by atoms with van der Waals surface area (Å²) in [6.45, 7) is 37.6. The Labute approximate surface area is 233 Å². The maximum Gasteiger partial charge on any atom is 0.0649 e. The predicted octanol–water partition coefficient (Wildman–Crippen LogP) is 11.4. The minimum atomic E-state index is -0.00237. The normalized spacial score (nSPS) is 13.9. The van der Waals surface area contributed by atoms with Gasteiger partial charge in [-0.1, -0.05) is 90.0 Å². The van der Waals surface area contributed by atoms with Gasteiger partial charge in [-0.25, -0.2) is 0 Å². The van der Waals surface area contributed by atoms with E-state index >= 15 is 0 Å². The summed E-state index contributed by atoms with van der Waals surface area (Å²) < 4.78 is -0.00237. The Balaban J connectivity index is 2.59. The highest BCUT2D eigenvalue weighted by Crippen LogP contribution is 2.49. The summed E-state index contributed by atoms with van der Waals surface area (Å²) in [5, 5.41) is 0. The van der Waals surface area contributed by atoms with Gasteiger partial charge in [0.15, 0.2) is 0 Å². The van der Waals surface area contributed by atoms with Crippen LogP contribution in [0, 0.1) is 6.92 Å². The molecule has 2 aromatic carbocycles. The second-order valence-electron chi connectivity index (χ2n) is 15.1. The van der Waals surface area contributed by atoms with E-state index in [1.54, 1.807) is 0 Å². The lowest BCUT2D eigenvalue weighted by Gasteiger charge is -2.33. The fourth-order valence-electron chi connectivity index (χ4n) is 5.32. The lowest BCUT2D eigenvalue weighted by atomic mass is 9.75. The van der Waals surface area contributed by atoms with Gasteiger partial charge in [-0.3, -0.25) is 0 Å². The van der Waals surface area contributed by atoms with Gasteiger partial charge in [-0.2, -0.15) is 0 Å². The van der Waals surface area contributed by atoms with Gasteiger partial charge in [-0.15, -0.1) is 23.5 Å². The van der Waals surface area contributed by atoms with Crippen molar-refractivity contribution in [2.75, 3.05) is 0 Å². The van der Waals surface area contributed by atoms with Crippen molar-refractivity contribution in [1.82, 2.24) is 0 Å². The standard InChI is InChI=1S/C34H54S2/c1-17-25-28(32(9,10)11)20-24(21-29(25)33(12,13)14)36-34(15,16)35-23-18-26(30(3,4)5)22(2)27(19-23)31(6,7)8/h18-21H,17H2,1-16H3. The molecular weight excluding hydrogens is 473 g/mol. The van der Waals surface area contributed by atoms with E-state index in [1.807, 2.05) is 23.5 Å². The maximum atomic E-state index is 2.48. The molecule has 36 heavy (non-hydrogen) atoms. The summed E-state index contributed by atoms with van der Waals surface area (Å²) in [4.78, 5) is 2.77. The molecule has 2 rings (SSSR count). The first-order valence-corrected chi connectivity index (χ1v) is 15.3. The van der Waals surface area contributed by atoms with E-state index in [2.05, 4.69) is 135 Å². The average molecular weight is 527 g/mol. The molecule has 2 heteroatoms. The van der Waals surface area contributed by atoms with Crippen LogP contribution in [0.25, 0.3) is 0 Å². The van der Waals surface area contributed by atoms with Crippen LogP contribution in [-0.4, -0.2) is 4.08 Å². The van der Waals surface area contributed by atoms with E-state index in [9.17, 15) is 0 Å². The van der Waals surface area contributed by atoms with Crippen molar-refractivity contribution in [3.63, 3.8) is 0 Å². The molecule has 0 heterocycles. The van der Waals surface area contributed by atoms with Gasteiger partial charge >= 0.3 is 0 Å². The highest BCUT2D eigenvalue weighted by molar-refractivity contribution is 8.18. The van der Waals surface area contributed by atoms with Crippen LogP contribution in [-0.2, 0) is 28.1 Å².